The van der Waals surface area contributed by atoms with Crippen molar-refractivity contribution in [1.29, 1.82) is 0 Å². The molecule has 1 aromatic carbocycles. The monoisotopic (exact) mass is 258 g/mol. The van der Waals surface area contributed by atoms with Gasteiger partial charge in [-0.15, -0.1) is 0 Å². The summed E-state index contributed by atoms with van der Waals surface area (Å²) in [5, 5.41) is 2.71. The Morgan fingerprint density at radius 1 is 1.21 bits per heavy atom. The third-order valence-electron chi connectivity index (χ3n) is 3.55. The summed E-state index contributed by atoms with van der Waals surface area (Å²) in [5.74, 6) is -0.955. The molecule has 0 saturated carbocycles. The van der Waals surface area contributed by atoms with Gasteiger partial charge in [0, 0.05) is 5.70 Å². The predicted octanol–water partition coefficient (Wildman–Crippen LogP) is 1.45. The number of hydrogen-bond acceptors (Lipinski definition) is 2. The summed E-state index contributed by atoms with van der Waals surface area (Å²) in [6.07, 6.45) is 2.15. The van der Waals surface area contributed by atoms with Crippen molar-refractivity contribution >= 4 is 11.8 Å². The molecule has 1 heterocycles. The van der Waals surface area contributed by atoms with Gasteiger partial charge in [-0.3, -0.25) is 9.59 Å². The van der Waals surface area contributed by atoms with Gasteiger partial charge in [-0.25, -0.2) is 0 Å². The van der Waals surface area contributed by atoms with Gasteiger partial charge < -0.3 is 11.1 Å². The van der Waals surface area contributed by atoms with Gasteiger partial charge in [0.05, 0.1) is 0 Å². The van der Waals surface area contributed by atoms with Crippen LogP contribution in [-0.4, -0.2) is 11.8 Å². The van der Waals surface area contributed by atoms with E-state index in [4.69, 9.17) is 5.73 Å². The lowest BCUT2D eigenvalue weighted by Gasteiger charge is -2.32. The second-order valence-corrected chi connectivity index (χ2v) is 5.19. The summed E-state index contributed by atoms with van der Waals surface area (Å²) in [4.78, 5) is 24.3. The normalized spacial score (nSPS) is 22.7. The number of nitrogens with one attached hydrogen (secondary N) is 1. The largest absolute Gasteiger partial charge is 0.368 e. The third kappa shape index (κ3) is 2.14. The second kappa shape index (κ2) is 4.53. The standard InChI is InChI=1S/C15H18N2O2/c1-9-6-10(2)8-12(7-9)15(13(16)18)5-4-11(3)17-14(15)19/h4,6-8H,5H2,1-3H3,(H2,16,18)(H,17,19). The molecule has 4 heteroatoms. The van der Waals surface area contributed by atoms with Crippen LogP contribution in [0.15, 0.2) is 30.0 Å². The van der Waals surface area contributed by atoms with E-state index in [1.165, 1.54) is 0 Å². The first-order valence-electron chi connectivity index (χ1n) is 6.23. The molecule has 1 unspecified atom stereocenters. The van der Waals surface area contributed by atoms with E-state index in [1.54, 1.807) is 6.92 Å². The van der Waals surface area contributed by atoms with Gasteiger partial charge in [0.25, 0.3) is 0 Å². The van der Waals surface area contributed by atoms with E-state index in [2.05, 4.69) is 5.32 Å². The molecule has 1 aliphatic rings. The lowest BCUT2D eigenvalue weighted by Crippen LogP contribution is -2.54. The molecule has 0 radical (unpaired) electrons. The predicted molar refractivity (Wildman–Crippen MR) is 73.3 cm³/mol. The molecule has 0 aliphatic carbocycles. The lowest BCUT2D eigenvalue weighted by atomic mass is 9.73. The van der Waals surface area contributed by atoms with Crippen molar-refractivity contribution in [2.24, 2.45) is 5.73 Å². The van der Waals surface area contributed by atoms with Crippen molar-refractivity contribution in [3.8, 4) is 0 Å². The summed E-state index contributed by atoms with van der Waals surface area (Å²) in [6, 6.07) is 5.71. The summed E-state index contributed by atoms with van der Waals surface area (Å²) in [5.41, 5.74) is 7.69. The lowest BCUT2D eigenvalue weighted by molar-refractivity contribution is -0.136. The van der Waals surface area contributed by atoms with Gasteiger partial charge in [-0.1, -0.05) is 35.4 Å². The van der Waals surface area contributed by atoms with Crippen molar-refractivity contribution in [1.82, 2.24) is 5.32 Å². The van der Waals surface area contributed by atoms with Crippen LogP contribution in [0.25, 0.3) is 0 Å². The summed E-state index contributed by atoms with van der Waals surface area (Å²) in [6.45, 7) is 5.67. The van der Waals surface area contributed by atoms with E-state index in [0.717, 1.165) is 16.8 Å². The molecule has 0 fully saturated rings. The maximum atomic E-state index is 12.3. The molecule has 0 saturated heterocycles. The van der Waals surface area contributed by atoms with Gasteiger partial charge in [-0.2, -0.15) is 0 Å². The average molecular weight is 258 g/mol. The van der Waals surface area contributed by atoms with Crippen LogP contribution in [0.1, 0.15) is 30.0 Å². The number of amides is 2. The number of nitrogens with two attached hydrogens (primary N) is 1. The first-order valence-corrected chi connectivity index (χ1v) is 6.23. The molecule has 1 aromatic rings. The van der Waals surface area contributed by atoms with Crippen molar-refractivity contribution in [3.63, 3.8) is 0 Å². The molecule has 3 N–H and O–H groups in total. The van der Waals surface area contributed by atoms with Gasteiger partial charge in [0.2, 0.25) is 11.8 Å². The zero-order valence-corrected chi connectivity index (χ0v) is 11.4. The molecule has 4 nitrogen and oxygen atoms in total. The SMILES string of the molecule is CC1=CCC(C(N)=O)(c2cc(C)cc(C)c2)C(=O)N1. The molecule has 1 aliphatic heterocycles. The van der Waals surface area contributed by atoms with Crippen molar-refractivity contribution in [2.75, 3.05) is 0 Å². The maximum absolute atomic E-state index is 12.3. The van der Waals surface area contributed by atoms with Crippen LogP contribution in [0.3, 0.4) is 0 Å². The van der Waals surface area contributed by atoms with Gasteiger partial charge in [0.1, 0.15) is 0 Å². The Morgan fingerprint density at radius 3 is 2.26 bits per heavy atom. The van der Waals surface area contributed by atoms with E-state index >= 15 is 0 Å². The molecule has 100 valence electrons. The Balaban J connectivity index is 2.64. The highest BCUT2D eigenvalue weighted by Gasteiger charge is 2.47. The number of carbonyl (C=O) groups is 2. The smallest absolute Gasteiger partial charge is 0.244 e. The molecule has 0 aromatic heterocycles. The molecular weight excluding hydrogens is 240 g/mol. The number of allylic oxidation sites excluding steroid dienone is 2. The molecule has 2 rings (SSSR count). The van der Waals surface area contributed by atoms with Crippen LogP contribution in [0, 0.1) is 13.8 Å². The molecule has 2 amide bonds. The van der Waals surface area contributed by atoms with Gasteiger partial charge in [-0.05, 0) is 32.8 Å². The van der Waals surface area contributed by atoms with Crippen LogP contribution in [0.2, 0.25) is 0 Å². The summed E-state index contributed by atoms with van der Waals surface area (Å²) < 4.78 is 0. The van der Waals surface area contributed by atoms with Gasteiger partial charge in [0.15, 0.2) is 5.41 Å². The minimum atomic E-state index is -1.30. The topological polar surface area (TPSA) is 72.2 Å². The minimum Gasteiger partial charge on any atom is -0.368 e. The fourth-order valence-corrected chi connectivity index (χ4v) is 2.56. The van der Waals surface area contributed by atoms with E-state index in [9.17, 15) is 9.59 Å². The minimum absolute atomic E-state index is 0.308. The highest BCUT2D eigenvalue weighted by Crippen LogP contribution is 2.33. The van der Waals surface area contributed by atoms with Crippen LogP contribution >= 0.6 is 0 Å². The number of carbonyl (C=O) groups excluding carboxylic acids is 2. The molecule has 0 bridgehead atoms. The quantitative estimate of drug-likeness (QED) is 0.788. The number of primary amides is 1. The molecule has 0 spiro atoms. The van der Waals surface area contributed by atoms with Crippen LogP contribution in [-0.2, 0) is 15.0 Å². The third-order valence-corrected chi connectivity index (χ3v) is 3.55. The van der Waals surface area contributed by atoms with Crippen LogP contribution in [0.4, 0.5) is 0 Å². The second-order valence-electron chi connectivity index (χ2n) is 5.19. The van der Waals surface area contributed by atoms with E-state index < -0.39 is 11.3 Å². The highest BCUT2D eigenvalue weighted by atomic mass is 16.2. The summed E-state index contributed by atoms with van der Waals surface area (Å²) >= 11 is 0. The van der Waals surface area contributed by atoms with E-state index in [0.29, 0.717) is 12.0 Å². The highest BCUT2D eigenvalue weighted by molar-refractivity contribution is 6.11. The van der Waals surface area contributed by atoms with E-state index in [-0.39, 0.29) is 5.91 Å². The average Bonchev–Trinajstić information content (AvgIpc) is 2.27. The summed E-state index contributed by atoms with van der Waals surface area (Å²) in [7, 11) is 0. The molecule has 19 heavy (non-hydrogen) atoms. The molecular formula is C15H18N2O2. The fourth-order valence-electron chi connectivity index (χ4n) is 2.56. The van der Waals surface area contributed by atoms with Gasteiger partial charge >= 0.3 is 0 Å². The first-order chi connectivity index (χ1) is 8.86. The van der Waals surface area contributed by atoms with E-state index in [1.807, 2.05) is 38.1 Å². The number of benzene rings is 1. The van der Waals surface area contributed by atoms with Crippen LogP contribution in [0.5, 0.6) is 0 Å². The number of hydrogen-bond donors (Lipinski definition) is 2. The first kappa shape index (κ1) is 13.3. The Labute approximate surface area is 112 Å². The maximum Gasteiger partial charge on any atom is 0.244 e. The number of aryl methyl sites for hydroxylation is 2. The fraction of sp³-hybridized carbons (Fsp3) is 0.333. The Hall–Kier alpha value is -2.10. The zero-order valence-electron chi connectivity index (χ0n) is 11.4. The number of rotatable bonds is 2. The Kier molecular flexibility index (Phi) is 3.18. The molecule has 1 atom stereocenters. The van der Waals surface area contributed by atoms with Crippen molar-refractivity contribution in [2.45, 2.75) is 32.6 Å². The Morgan fingerprint density at radius 2 is 1.79 bits per heavy atom. The Bertz CT molecular complexity index is 570. The van der Waals surface area contributed by atoms with Crippen molar-refractivity contribution in [3.05, 3.63) is 46.7 Å². The van der Waals surface area contributed by atoms with Crippen molar-refractivity contribution < 1.29 is 9.59 Å². The zero-order chi connectivity index (χ0) is 14.2. The van der Waals surface area contributed by atoms with Crippen LogP contribution < -0.4 is 11.1 Å².